The van der Waals surface area contributed by atoms with Crippen LogP contribution in [-0.4, -0.2) is 88.1 Å². The van der Waals surface area contributed by atoms with Crippen molar-refractivity contribution in [1.29, 1.82) is 0 Å². The SMILES string of the molecule is C#Cc1c(F)ccc2cc(O)cc(-c3ncc4c(N5CC6CCC(C7COC7)(C5)N6)nc(OC[C@@]56CCCN5C/C(=C/F)C6)nc4c3F)c12. The van der Waals surface area contributed by atoms with E-state index in [0.29, 0.717) is 68.1 Å². The van der Waals surface area contributed by atoms with Gasteiger partial charge in [0.1, 0.15) is 35.2 Å². The predicted octanol–water partition coefficient (Wildman–Crippen LogP) is 5.24. The number of phenolic OH excluding ortho intramolecular Hbond substituents is 1. The lowest BCUT2D eigenvalue weighted by Crippen LogP contribution is -2.66. The number of pyridine rings is 1. The minimum atomic E-state index is -0.769. The molecule has 3 atom stereocenters. The zero-order valence-corrected chi connectivity index (χ0v) is 26.8. The third-order valence-electron chi connectivity index (χ3n) is 11.5. The highest BCUT2D eigenvalue weighted by atomic mass is 19.1. The Hall–Kier alpha value is -4.44. The van der Waals surface area contributed by atoms with Crippen LogP contribution in [0.15, 0.2) is 42.4 Å². The summed E-state index contributed by atoms with van der Waals surface area (Å²) in [7, 11) is 0. The summed E-state index contributed by atoms with van der Waals surface area (Å²) in [4.78, 5) is 18.5. The summed E-state index contributed by atoms with van der Waals surface area (Å²) < 4.78 is 57.5. The van der Waals surface area contributed by atoms with Crippen molar-refractivity contribution >= 4 is 27.5 Å². The Morgan fingerprint density at radius 1 is 1.20 bits per heavy atom. The molecule has 0 radical (unpaired) electrons. The molecule has 7 heterocycles. The van der Waals surface area contributed by atoms with E-state index < -0.39 is 11.6 Å². The van der Waals surface area contributed by atoms with Crippen LogP contribution in [0.2, 0.25) is 0 Å². The van der Waals surface area contributed by atoms with Gasteiger partial charge in [0.05, 0.1) is 36.0 Å². The molecule has 2 bridgehead atoms. The third-order valence-corrected chi connectivity index (χ3v) is 11.5. The molecule has 5 aliphatic heterocycles. The summed E-state index contributed by atoms with van der Waals surface area (Å²) in [6.45, 7) is 4.33. The lowest BCUT2D eigenvalue weighted by molar-refractivity contribution is -0.0759. The largest absolute Gasteiger partial charge is 0.508 e. The topological polar surface area (TPSA) is 95.9 Å². The van der Waals surface area contributed by atoms with Gasteiger partial charge in [0.2, 0.25) is 0 Å². The molecule has 12 heteroatoms. The van der Waals surface area contributed by atoms with Gasteiger partial charge in [0, 0.05) is 54.3 Å². The Morgan fingerprint density at radius 2 is 2.08 bits per heavy atom. The quantitative estimate of drug-likeness (QED) is 0.268. The van der Waals surface area contributed by atoms with Gasteiger partial charge in [-0.25, -0.2) is 13.2 Å². The average molecular weight is 669 g/mol. The molecule has 9 rings (SSSR count). The number of benzene rings is 2. The number of terminal acetylenes is 1. The van der Waals surface area contributed by atoms with Crippen LogP contribution < -0.4 is 15.0 Å². The first kappa shape index (κ1) is 30.6. The second-order valence-electron chi connectivity index (χ2n) is 14.3. The Morgan fingerprint density at radius 3 is 2.88 bits per heavy atom. The zero-order chi connectivity index (χ0) is 33.5. The van der Waals surface area contributed by atoms with Gasteiger partial charge in [-0.3, -0.25) is 9.88 Å². The fourth-order valence-corrected chi connectivity index (χ4v) is 9.00. The molecule has 5 aliphatic rings. The molecule has 2 aromatic heterocycles. The molecule has 0 saturated carbocycles. The van der Waals surface area contributed by atoms with Crippen molar-refractivity contribution in [3.05, 3.63) is 59.6 Å². The number of nitrogens with one attached hydrogen (secondary N) is 1. The molecule has 0 spiro atoms. The van der Waals surface area contributed by atoms with Crippen LogP contribution in [0, 0.1) is 29.9 Å². The maximum atomic E-state index is 17.0. The lowest BCUT2D eigenvalue weighted by Gasteiger charge is -2.49. The maximum absolute atomic E-state index is 17.0. The molecule has 2 N–H and O–H groups in total. The summed E-state index contributed by atoms with van der Waals surface area (Å²) in [5, 5.41) is 15.6. The first-order chi connectivity index (χ1) is 23.8. The Bertz CT molecular complexity index is 2100. The summed E-state index contributed by atoms with van der Waals surface area (Å²) in [5.74, 6) is 1.71. The number of nitrogens with zero attached hydrogens (tertiary/aromatic N) is 5. The molecule has 5 saturated heterocycles. The Kier molecular flexibility index (Phi) is 7.06. The molecular weight excluding hydrogens is 633 g/mol. The van der Waals surface area contributed by atoms with Crippen molar-refractivity contribution in [2.24, 2.45) is 5.92 Å². The monoisotopic (exact) mass is 668 g/mol. The standard InChI is InChI=1S/C37H35F3N6O3/c1-2-26-29(39)5-4-22-10-25(47)11-27(30(22)26)32-31(40)33-28(14-41-32)34(45-16-24-6-8-37(19-45,44-24)23-17-48-18-23)43-35(42-33)49-20-36-7-3-9-46(36)15-21(12-36)13-38/h1,4-5,10-11,13-14,23-24,44,47H,3,6-9,12,15-20H2/b21-13+/t24?,36-,37?/m0/s1. The number of hydrogen-bond acceptors (Lipinski definition) is 9. The van der Waals surface area contributed by atoms with Crippen LogP contribution in [0.5, 0.6) is 11.8 Å². The van der Waals surface area contributed by atoms with Gasteiger partial charge in [0.25, 0.3) is 0 Å². The van der Waals surface area contributed by atoms with E-state index in [-0.39, 0.29) is 63.2 Å². The van der Waals surface area contributed by atoms with Crippen LogP contribution in [0.3, 0.4) is 0 Å². The van der Waals surface area contributed by atoms with Crippen molar-refractivity contribution < 1.29 is 27.8 Å². The van der Waals surface area contributed by atoms with Gasteiger partial charge < -0.3 is 24.8 Å². The van der Waals surface area contributed by atoms with Crippen molar-refractivity contribution in [2.75, 3.05) is 50.9 Å². The maximum Gasteiger partial charge on any atom is 0.319 e. The molecule has 2 unspecified atom stereocenters. The average Bonchev–Trinajstić information content (AvgIpc) is 3.72. The number of halogens is 3. The van der Waals surface area contributed by atoms with Gasteiger partial charge in [-0.2, -0.15) is 9.97 Å². The minimum absolute atomic E-state index is 0.0106. The lowest BCUT2D eigenvalue weighted by atomic mass is 9.80. The van der Waals surface area contributed by atoms with Crippen LogP contribution in [0.25, 0.3) is 32.9 Å². The number of phenols is 1. The van der Waals surface area contributed by atoms with E-state index in [0.717, 1.165) is 37.8 Å². The highest BCUT2D eigenvalue weighted by Gasteiger charge is 2.52. The van der Waals surface area contributed by atoms with Crippen LogP contribution in [-0.2, 0) is 4.74 Å². The zero-order valence-electron chi connectivity index (χ0n) is 26.8. The first-order valence-electron chi connectivity index (χ1n) is 16.8. The Labute approximate surface area is 281 Å². The number of aromatic hydroxyl groups is 1. The number of piperazine rings is 1. The summed E-state index contributed by atoms with van der Waals surface area (Å²) in [5.41, 5.74) is 0.146. The van der Waals surface area contributed by atoms with Crippen LogP contribution >= 0.6 is 0 Å². The Balaban J connectivity index is 1.19. The number of rotatable bonds is 6. The molecule has 0 aliphatic carbocycles. The van der Waals surface area contributed by atoms with E-state index in [1.807, 2.05) is 0 Å². The van der Waals surface area contributed by atoms with Crippen LogP contribution in [0.4, 0.5) is 19.0 Å². The summed E-state index contributed by atoms with van der Waals surface area (Å²) >= 11 is 0. The second kappa shape index (κ2) is 11.3. The van der Waals surface area contributed by atoms with E-state index in [4.69, 9.17) is 20.9 Å². The fourth-order valence-electron chi connectivity index (χ4n) is 9.00. The van der Waals surface area contributed by atoms with Crippen LogP contribution in [0.1, 0.15) is 37.7 Å². The van der Waals surface area contributed by atoms with Gasteiger partial charge in [-0.15, -0.1) is 6.42 Å². The molecule has 49 heavy (non-hydrogen) atoms. The highest BCUT2D eigenvalue weighted by Crippen LogP contribution is 2.44. The minimum Gasteiger partial charge on any atom is -0.508 e. The number of aromatic nitrogens is 3. The van der Waals surface area contributed by atoms with Crippen molar-refractivity contribution in [1.82, 2.24) is 25.2 Å². The molecule has 5 fully saturated rings. The molecule has 4 aromatic rings. The van der Waals surface area contributed by atoms with Gasteiger partial charge in [-0.1, -0.05) is 12.0 Å². The number of hydrogen-bond donors (Lipinski definition) is 2. The normalized spacial score (nSPS) is 27.6. The second-order valence-corrected chi connectivity index (χ2v) is 14.3. The van der Waals surface area contributed by atoms with E-state index in [1.54, 1.807) is 0 Å². The smallest absolute Gasteiger partial charge is 0.319 e. The van der Waals surface area contributed by atoms with Gasteiger partial charge in [0.15, 0.2) is 5.82 Å². The number of anilines is 1. The van der Waals surface area contributed by atoms with E-state index in [9.17, 15) is 13.9 Å². The molecule has 2 aromatic carbocycles. The van der Waals surface area contributed by atoms with Gasteiger partial charge >= 0.3 is 6.01 Å². The molecule has 252 valence electrons. The predicted molar refractivity (Wildman–Crippen MR) is 178 cm³/mol. The van der Waals surface area contributed by atoms with E-state index >= 15 is 4.39 Å². The first-order valence-corrected chi connectivity index (χ1v) is 16.8. The molecular formula is C37H35F3N6O3. The number of ether oxygens (including phenoxy) is 2. The van der Waals surface area contributed by atoms with E-state index in [2.05, 4.69) is 31.0 Å². The number of fused-ring (bicyclic) bond motifs is 5. The third kappa shape index (κ3) is 4.77. The van der Waals surface area contributed by atoms with Crippen molar-refractivity contribution in [3.8, 4) is 35.4 Å². The molecule has 9 nitrogen and oxygen atoms in total. The highest BCUT2D eigenvalue weighted by molar-refractivity contribution is 6.03. The van der Waals surface area contributed by atoms with Gasteiger partial charge in [-0.05, 0) is 67.8 Å². The summed E-state index contributed by atoms with van der Waals surface area (Å²) in [6, 6.07) is 5.73. The fraction of sp³-hybridized carbons (Fsp3) is 0.432. The molecule has 0 amide bonds. The summed E-state index contributed by atoms with van der Waals surface area (Å²) in [6.07, 6.45) is 12.3. The van der Waals surface area contributed by atoms with Crippen molar-refractivity contribution in [2.45, 2.75) is 49.2 Å². The van der Waals surface area contributed by atoms with Crippen molar-refractivity contribution in [3.63, 3.8) is 0 Å². The van der Waals surface area contributed by atoms with E-state index in [1.165, 1.54) is 30.5 Å².